The summed E-state index contributed by atoms with van der Waals surface area (Å²) < 4.78 is 5.74. The third kappa shape index (κ3) is 4.02. The van der Waals surface area contributed by atoms with E-state index in [1.807, 2.05) is 19.1 Å². The van der Waals surface area contributed by atoms with Crippen LogP contribution in [0.3, 0.4) is 0 Å². The highest BCUT2D eigenvalue weighted by molar-refractivity contribution is 7.99. The predicted molar refractivity (Wildman–Crippen MR) is 108 cm³/mol. The lowest BCUT2D eigenvalue weighted by Crippen LogP contribution is -2.36. The van der Waals surface area contributed by atoms with E-state index in [0.717, 1.165) is 26.6 Å². The van der Waals surface area contributed by atoms with Crippen molar-refractivity contribution in [1.29, 1.82) is 0 Å². The number of ether oxygens (including phenoxy) is 1. The first kappa shape index (κ1) is 18.8. The van der Waals surface area contributed by atoms with Crippen LogP contribution in [0.4, 0.5) is 5.69 Å². The summed E-state index contributed by atoms with van der Waals surface area (Å²) in [5, 5.41) is 13.9. The van der Waals surface area contributed by atoms with Crippen molar-refractivity contribution < 1.29 is 14.6 Å². The molecule has 4 rings (SSSR count). The van der Waals surface area contributed by atoms with Crippen molar-refractivity contribution >= 4 is 35.0 Å². The molecule has 1 amide bonds. The number of fused-ring (bicyclic) bond motifs is 1. The summed E-state index contributed by atoms with van der Waals surface area (Å²) in [5.74, 6) is 0.00140. The van der Waals surface area contributed by atoms with Gasteiger partial charge in [0.15, 0.2) is 0 Å². The van der Waals surface area contributed by atoms with Gasteiger partial charge in [-0.25, -0.2) is 0 Å². The molecule has 2 aromatic rings. The van der Waals surface area contributed by atoms with Gasteiger partial charge >= 0.3 is 0 Å². The molecule has 2 heterocycles. The molecule has 6 heteroatoms. The number of halogens is 1. The van der Waals surface area contributed by atoms with Gasteiger partial charge in [-0.05, 0) is 55.2 Å². The number of anilines is 1. The summed E-state index contributed by atoms with van der Waals surface area (Å²) in [6, 6.07) is 12.2. The SMILES string of the molecule is CC1OCCC(O)C1c1cccc(Sc2cc(Cl)c3c(c2)CCC(=O)N3)c1. The number of nitrogens with one attached hydrogen (secondary N) is 1. The molecule has 3 unspecified atom stereocenters. The third-order valence-electron chi connectivity index (χ3n) is 5.22. The fourth-order valence-corrected chi connectivity index (χ4v) is 5.21. The third-order valence-corrected chi connectivity index (χ3v) is 6.48. The number of aryl methyl sites for hydroxylation is 1. The van der Waals surface area contributed by atoms with Crippen molar-refractivity contribution in [2.75, 3.05) is 11.9 Å². The number of hydrogen-bond acceptors (Lipinski definition) is 4. The minimum Gasteiger partial charge on any atom is -0.392 e. The Morgan fingerprint density at radius 2 is 2.07 bits per heavy atom. The van der Waals surface area contributed by atoms with Crippen LogP contribution in [0, 0.1) is 0 Å². The van der Waals surface area contributed by atoms with Crippen LogP contribution in [0.25, 0.3) is 0 Å². The minimum atomic E-state index is -0.379. The van der Waals surface area contributed by atoms with E-state index in [1.54, 1.807) is 11.8 Å². The number of amides is 1. The van der Waals surface area contributed by atoms with Gasteiger partial charge in [-0.1, -0.05) is 35.5 Å². The highest BCUT2D eigenvalue weighted by atomic mass is 35.5. The van der Waals surface area contributed by atoms with E-state index < -0.39 is 0 Å². The van der Waals surface area contributed by atoms with Crippen LogP contribution in [0.5, 0.6) is 0 Å². The number of carbonyl (C=O) groups excluding carboxylic acids is 1. The van der Waals surface area contributed by atoms with E-state index in [4.69, 9.17) is 16.3 Å². The zero-order valence-corrected chi connectivity index (χ0v) is 16.6. The highest BCUT2D eigenvalue weighted by Crippen LogP contribution is 2.39. The zero-order valence-electron chi connectivity index (χ0n) is 15.1. The Morgan fingerprint density at radius 1 is 1.22 bits per heavy atom. The largest absolute Gasteiger partial charge is 0.392 e. The van der Waals surface area contributed by atoms with Gasteiger partial charge in [-0.15, -0.1) is 0 Å². The predicted octanol–water partition coefficient (Wildman–Crippen LogP) is 4.63. The summed E-state index contributed by atoms with van der Waals surface area (Å²) in [4.78, 5) is 13.7. The smallest absolute Gasteiger partial charge is 0.224 e. The summed E-state index contributed by atoms with van der Waals surface area (Å²) in [6.45, 7) is 2.63. The molecular formula is C21H22ClNO3S. The van der Waals surface area contributed by atoms with Gasteiger partial charge in [-0.2, -0.15) is 0 Å². The topological polar surface area (TPSA) is 58.6 Å². The van der Waals surface area contributed by atoms with Crippen LogP contribution >= 0.6 is 23.4 Å². The Labute approximate surface area is 168 Å². The first-order chi connectivity index (χ1) is 13.0. The Balaban J connectivity index is 1.59. The number of benzene rings is 2. The van der Waals surface area contributed by atoms with Crippen LogP contribution in [0.2, 0.25) is 5.02 Å². The maximum absolute atomic E-state index is 11.6. The molecule has 0 bridgehead atoms. The molecule has 0 spiro atoms. The molecule has 3 atom stereocenters. The molecule has 2 N–H and O–H groups in total. The van der Waals surface area contributed by atoms with Crippen molar-refractivity contribution in [3.05, 3.63) is 52.5 Å². The number of hydrogen-bond donors (Lipinski definition) is 2. The fraction of sp³-hybridized carbons (Fsp3) is 0.381. The van der Waals surface area contributed by atoms with Crippen molar-refractivity contribution in [2.45, 2.75) is 54.1 Å². The van der Waals surface area contributed by atoms with E-state index in [0.29, 0.717) is 30.9 Å². The van der Waals surface area contributed by atoms with Gasteiger partial charge < -0.3 is 15.2 Å². The number of aliphatic hydroxyl groups is 1. The Bertz CT molecular complexity index is 863. The molecule has 1 saturated heterocycles. The average Bonchev–Trinajstić information content (AvgIpc) is 2.63. The summed E-state index contributed by atoms with van der Waals surface area (Å²) in [5.41, 5.74) is 2.91. The van der Waals surface area contributed by atoms with Crippen molar-refractivity contribution in [2.24, 2.45) is 0 Å². The van der Waals surface area contributed by atoms with Crippen LogP contribution < -0.4 is 5.32 Å². The lowest BCUT2D eigenvalue weighted by Gasteiger charge is -2.34. The molecular weight excluding hydrogens is 382 g/mol. The molecule has 27 heavy (non-hydrogen) atoms. The standard InChI is InChI=1S/C21H22ClNO3S/c1-12-20(18(24)7-8-26-12)13-3-2-4-15(9-13)27-16-10-14-5-6-19(25)23-21(14)17(22)11-16/h2-4,9-12,18,20,24H,5-8H2,1H3,(H,23,25). The molecule has 0 aromatic heterocycles. The summed E-state index contributed by atoms with van der Waals surface area (Å²) >= 11 is 8.03. The number of carbonyl (C=O) groups is 1. The molecule has 0 aliphatic carbocycles. The van der Waals surface area contributed by atoms with Crippen molar-refractivity contribution in [3.63, 3.8) is 0 Å². The van der Waals surface area contributed by atoms with Gasteiger partial charge in [0.05, 0.1) is 22.9 Å². The van der Waals surface area contributed by atoms with Crippen LogP contribution in [-0.2, 0) is 16.0 Å². The first-order valence-electron chi connectivity index (χ1n) is 9.21. The van der Waals surface area contributed by atoms with Crippen LogP contribution in [-0.4, -0.2) is 29.8 Å². The molecule has 0 saturated carbocycles. The van der Waals surface area contributed by atoms with Crippen LogP contribution in [0.15, 0.2) is 46.2 Å². The van der Waals surface area contributed by atoms with Gasteiger partial charge in [0.25, 0.3) is 0 Å². The lowest BCUT2D eigenvalue weighted by molar-refractivity contribution is -0.116. The number of aliphatic hydroxyl groups excluding tert-OH is 1. The second-order valence-electron chi connectivity index (χ2n) is 7.12. The molecule has 4 nitrogen and oxygen atoms in total. The Hall–Kier alpha value is -1.53. The first-order valence-corrected chi connectivity index (χ1v) is 10.4. The zero-order chi connectivity index (χ0) is 19.0. The second kappa shape index (κ2) is 7.84. The quantitative estimate of drug-likeness (QED) is 0.784. The molecule has 0 radical (unpaired) electrons. The van der Waals surface area contributed by atoms with E-state index in [-0.39, 0.29) is 24.0 Å². The Kier molecular flexibility index (Phi) is 5.46. The van der Waals surface area contributed by atoms with Gasteiger partial charge in [0, 0.05) is 28.7 Å². The second-order valence-corrected chi connectivity index (χ2v) is 8.67. The molecule has 2 aliphatic rings. The van der Waals surface area contributed by atoms with Gasteiger partial charge in [0.2, 0.25) is 5.91 Å². The average molecular weight is 404 g/mol. The normalized spacial score (nSPS) is 25.0. The molecule has 2 aromatic carbocycles. The fourth-order valence-electron chi connectivity index (χ4n) is 3.87. The van der Waals surface area contributed by atoms with Gasteiger partial charge in [0.1, 0.15) is 0 Å². The maximum Gasteiger partial charge on any atom is 0.224 e. The van der Waals surface area contributed by atoms with Crippen molar-refractivity contribution in [3.8, 4) is 0 Å². The van der Waals surface area contributed by atoms with Crippen LogP contribution in [0.1, 0.15) is 36.8 Å². The highest BCUT2D eigenvalue weighted by Gasteiger charge is 2.31. The van der Waals surface area contributed by atoms with E-state index >= 15 is 0 Å². The minimum absolute atomic E-state index is 0.00389. The monoisotopic (exact) mass is 403 g/mol. The van der Waals surface area contributed by atoms with E-state index in [9.17, 15) is 9.90 Å². The molecule has 142 valence electrons. The molecule has 1 fully saturated rings. The van der Waals surface area contributed by atoms with Gasteiger partial charge in [-0.3, -0.25) is 4.79 Å². The summed E-state index contributed by atoms with van der Waals surface area (Å²) in [6.07, 6.45) is 1.48. The lowest BCUT2D eigenvalue weighted by atomic mass is 9.86. The van der Waals surface area contributed by atoms with E-state index in [1.165, 1.54) is 0 Å². The molecule has 2 aliphatic heterocycles. The summed E-state index contributed by atoms with van der Waals surface area (Å²) in [7, 11) is 0. The Morgan fingerprint density at radius 3 is 2.89 bits per heavy atom. The number of rotatable bonds is 3. The van der Waals surface area contributed by atoms with Crippen molar-refractivity contribution in [1.82, 2.24) is 0 Å². The maximum atomic E-state index is 11.6. The van der Waals surface area contributed by atoms with E-state index in [2.05, 4.69) is 29.6 Å².